The van der Waals surface area contributed by atoms with Gasteiger partial charge in [-0.3, -0.25) is 4.79 Å². The first-order valence-corrected chi connectivity index (χ1v) is 10.2. The minimum absolute atomic E-state index is 0.0374. The molecule has 0 radical (unpaired) electrons. The highest BCUT2D eigenvalue weighted by Crippen LogP contribution is 2.42. The molecular weight excluding hydrogens is 429 g/mol. The summed E-state index contributed by atoms with van der Waals surface area (Å²) in [5, 5.41) is 12.0. The number of fused-ring (bicyclic) bond motifs is 1. The van der Waals surface area contributed by atoms with Crippen molar-refractivity contribution in [2.45, 2.75) is 31.2 Å². The largest absolute Gasteiger partial charge is 0.406 e. The van der Waals surface area contributed by atoms with Crippen molar-refractivity contribution in [3.8, 4) is 0 Å². The van der Waals surface area contributed by atoms with Crippen LogP contribution in [-0.4, -0.2) is 65.8 Å². The summed E-state index contributed by atoms with van der Waals surface area (Å²) in [6.07, 6.45) is -5.50. The molecule has 9 nitrogen and oxygen atoms in total. The molecule has 0 saturated carbocycles. The third-order valence-electron chi connectivity index (χ3n) is 5.87. The number of morpholine rings is 1. The number of allylic oxidation sites excluding steroid dienone is 1. The molecular formula is C20H21F3N6O3. The highest BCUT2D eigenvalue weighted by Gasteiger charge is 2.58. The van der Waals surface area contributed by atoms with Crippen molar-refractivity contribution in [1.29, 1.82) is 0 Å². The van der Waals surface area contributed by atoms with Crippen LogP contribution >= 0.6 is 0 Å². The van der Waals surface area contributed by atoms with Gasteiger partial charge in [0.25, 0.3) is 11.8 Å². The van der Waals surface area contributed by atoms with Gasteiger partial charge in [-0.05, 0) is 12.5 Å². The molecule has 12 heteroatoms. The summed E-state index contributed by atoms with van der Waals surface area (Å²) in [4.78, 5) is 15.1. The van der Waals surface area contributed by atoms with E-state index in [9.17, 15) is 18.0 Å². The topological polar surface area (TPSA) is 95.8 Å². The van der Waals surface area contributed by atoms with E-state index >= 15 is 0 Å². The van der Waals surface area contributed by atoms with Crippen LogP contribution in [0.15, 0.2) is 40.4 Å². The summed E-state index contributed by atoms with van der Waals surface area (Å²) in [5.41, 5.74) is 3.25. The van der Waals surface area contributed by atoms with Gasteiger partial charge in [0.05, 0.1) is 19.1 Å². The molecule has 3 aliphatic rings. The molecule has 2 saturated heterocycles. The molecule has 2 N–H and O–H groups in total. The van der Waals surface area contributed by atoms with E-state index in [1.54, 1.807) is 37.3 Å². The third-order valence-corrected chi connectivity index (χ3v) is 5.87. The number of rotatable bonds is 3. The van der Waals surface area contributed by atoms with E-state index in [0.717, 1.165) is 5.01 Å². The molecule has 0 aliphatic carbocycles. The van der Waals surface area contributed by atoms with Crippen molar-refractivity contribution in [3.05, 3.63) is 47.5 Å². The van der Waals surface area contributed by atoms with Gasteiger partial charge in [-0.15, -0.1) is 5.10 Å². The van der Waals surface area contributed by atoms with E-state index in [1.807, 2.05) is 4.90 Å². The number of ether oxygens (including phenoxy) is 1. The van der Waals surface area contributed by atoms with Crippen molar-refractivity contribution >= 4 is 17.5 Å². The number of hydrazine groups is 1. The predicted octanol–water partition coefficient (Wildman–Crippen LogP) is 1.63. The number of nitrogens with one attached hydrogen (secondary N) is 2. The zero-order valence-electron chi connectivity index (χ0n) is 17.1. The van der Waals surface area contributed by atoms with Crippen LogP contribution in [0.4, 0.5) is 19.2 Å². The fourth-order valence-electron chi connectivity index (χ4n) is 4.35. The molecule has 3 aliphatic heterocycles. The van der Waals surface area contributed by atoms with Gasteiger partial charge in [0.15, 0.2) is 0 Å². The van der Waals surface area contributed by atoms with E-state index < -0.39 is 30.2 Å². The molecule has 4 heterocycles. The average molecular weight is 450 g/mol. The summed E-state index contributed by atoms with van der Waals surface area (Å²) in [6.45, 7) is 3.77. The van der Waals surface area contributed by atoms with Gasteiger partial charge >= 0.3 is 12.2 Å². The minimum atomic E-state index is -4.57. The fraction of sp³-hybridized carbons (Fsp3) is 0.450. The van der Waals surface area contributed by atoms with Crippen molar-refractivity contribution in [3.63, 3.8) is 0 Å². The van der Waals surface area contributed by atoms with Gasteiger partial charge in [-0.1, -0.05) is 35.4 Å². The van der Waals surface area contributed by atoms with Crippen LogP contribution in [0.5, 0.6) is 0 Å². The van der Waals surface area contributed by atoms with Gasteiger partial charge in [0.1, 0.15) is 17.8 Å². The van der Waals surface area contributed by atoms with Crippen LogP contribution < -0.4 is 15.6 Å². The standard InChI is InChI=1S/C20H21F3N6O3/c1-11-13(17-25-26-19(32-17)28-7-9-31-10-8-28)18(30)29-16(24-11)14(12-5-3-2-4-6-12)15(27-29)20(21,22)23/h2-6,14-16,24,27H,7-10H2,1H3. The van der Waals surface area contributed by atoms with Crippen LogP contribution in [0.2, 0.25) is 0 Å². The first kappa shape index (κ1) is 20.8. The highest BCUT2D eigenvalue weighted by atomic mass is 19.4. The Labute approximate surface area is 181 Å². The van der Waals surface area contributed by atoms with Crippen LogP contribution in [0, 0.1) is 0 Å². The van der Waals surface area contributed by atoms with Gasteiger partial charge < -0.3 is 19.4 Å². The van der Waals surface area contributed by atoms with Gasteiger partial charge in [-0.2, -0.15) is 13.2 Å². The van der Waals surface area contributed by atoms with Crippen molar-refractivity contribution in [2.24, 2.45) is 0 Å². The average Bonchev–Trinajstić information content (AvgIpc) is 3.40. The highest BCUT2D eigenvalue weighted by molar-refractivity contribution is 6.19. The quantitative estimate of drug-likeness (QED) is 0.729. The smallest absolute Gasteiger partial charge is 0.403 e. The zero-order valence-corrected chi connectivity index (χ0v) is 17.1. The second-order valence-corrected chi connectivity index (χ2v) is 7.84. The van der Waals surface area contributed by atoms with E-state index in [2.05, 4.69) is 20.9 Å². The van der Waals surface area contributed by atoms with E-state index in [0.29, 0.717) is 37.6 Å². The molecule has 0 spiro atoms. The molecule has 2 fully saturated rings. The Morgan fingerprint density at radius 2 is 1.84 bits per heavy atom. The lowest BCUT2D eigenvalue weighted by Gasteiger charge is -2.34. The second kappa shape index (κ2) is 7.78. The summed E-state index contributed by atoms with van der Waals surface area (Å²) in [5.74, 6) is -1.74. The maximum Gasteiger partial charge on any atom is 0.406 e. The number of carbonyl (C=O) groups is 1. The minimum Gasteiger partial charge on any atom is -0.403 e. The summed E-state index contributed by atoms with van der Waals surface area (Å²) < 4.78 is 52.7. The Morgan fingerprint density at radius 3 is 2.53 bits per heavy atom. The maximum absolute atomic E-state index is 13.9. The molecule has 1 aromatic heterocycles. The summed E-state index contributed by atoms with van der Waals surface area (Å²) >= 11 is 0. The molecule has 3 unspecified atom stereocenters. The monoisotopic (exact) mass is 450 g/mol. The van der Waals surface area contributed by atoms with E-state index in [1.165, 1.54) is 0 Å². The van der Waals surface area contributed by atoms with Crippen molar-refractivity contribution < 1.29 is 27.1 Å². The van der Waals surface area contributed by atoms with Gasteiger partial charge in [0.2, 0.25) is 0 Å². The van der Waals surface area contributed by atoms with E-state index in [4.69, 9.17) is 9.15 Å². The molecule has 1 aromatic carbocycles. The number of carbonyl (C=O) groups excluding carboxylic acids is 1. The van der Waals surface area contributed by atoms with Crippen molar-refractivity contribution in [2.75, 3.05) is 31.2 Å². The summed E-state index contributed by atoms with van der Waals surface area (Å²) in [7, 11) is 0. The van der Waals surface area contributed by atoms with Crippen LogP contribution in [0.3, 0.4) is 0 Å². The first-order valence-electron chi connectivity index (χ1n) is 10.2. The number of halogens is 3. The number of hydrogen-bond donors (Lipinski definition) is 2. The molecule has 0 bridgehead atoms. The first-order chi connectivity index (χ1) is 15.3. The second-order valence-electron chi connectivity index (χ2n) is 7.84. The molecule has 170 valence electrons. The van der Waals surface area contributed by atoms with Gasteiger partial charge in [0, 0.05) is 18.8 Å². The number of aromatic nitrogens is 2. The Morgan fingerprint density at radius 1 is 1.12 bits per heavy atom. The van der Waals surface area contributed by atoms with Crippen LogP contribution in [0.1, 0.15) is 24.3 Å². The number of hydrogen-bond acceptors (Lipinski definition) is 8. The SMILES string of the molecule is CC1=C(c2nnc(N3CCOCC3)o2)C(=O)N2NC(C(F)(F)F)C(c3ccccc3)C2N1. The Kier molecular flexibility index (Phi) is 5.05. The van der Waals surface area contributed by atoms with E-state index in [-0.39, 0.29) is 17.5 Å². The molecule has 5 rings (SSSR count). The maximum atomic E-state index is 13.9. The lowest BCUT2D eigenvalue weighted by molar-refractivity contribution is -0.161. The number of nitrogens with zero attached hydrogens (tertiary/aromatic N) is 4. The number of benzene rings is 1. The molecule has 3 atom stereocenters. The summed E-state index contributed by atoms with van der Waals surface area (Å²) in [6, 6.07) is 6.64. The Hall–Kier alpha value is -3.12. The van der Waals surface area contributed by atoms with Crippen LogP contribution in [0.25, 0.3) is 5.57 Å². The van der Waals surface area contributed by atoms with Crippen molar-refractivity contribution in [1.82, 2.24) is 25.9 Å². The Bertz CT molecular complexity index is 1030. The number of amides is 1. The normalized spacial score (nSPS) is 26.4. The van der Waals surface area contributed by atoms with Crippen LogP contribution in [-0.2, 0) is 9.53 Å². The number of anilines is 1. The third kappa shape index (κ3) is 3.48. The van der Waals surface area contributed by atoms with Gasteiger partial charge in [-0.25, -0.2) is 10.4 Å². The Balaban J connectivity index is 1.48. The molecule has 2 aromatic rings. The lowest BCUT2D eigenvalue weighted by Crippen LogP contribution is -2.54. The lowest BCUT2D eigenvalue weighted by atomic mass is 9.89. The fourth-order valence-corrected chi connectivity index (χ4v) is 4.35. The molecule has 32 heavy (non-hydrogen) atoms. The molecule has 1 amide bonds. The predicted molar refractivity (Wildman–Crippen MR) is 106 cm³/mol. The number of alkyl halides is 3. The zero-order chi connectivity index (χ0) is 22.5.